The van der Waals surface area contributed by atoms with Crippen molar-refractivity contribution in [3.8, 4) is 5.75 Å². The van der Waals surface area contributed by atoms with Gasteiger partial charge in [-0.25, -0.2) is 4.39 Å². The number of anilines is 1. The molecule has 0 radical (unpaired) electrons. The summed E-state index contributed by atoms with van der Waals surface area (Å²) in [6.07, 6.45) is -1.12. The van der Waals surface area contributed by atoms with E-state index in [2.05, 4.69) is 5.32 Å². The van der Waals surface area contributed by atoms with E-state index >= 15 is 0 Å². The standard InChI is InChI=1S/C23H20FNO4/c1-28-20-13-7-16(8-14-20)15-21(26)29-22(17-5-3-2-4-6-17)23(27)25-19-11-9-18(24)10-12-19/h2-14,22H,15H2,1H3,(H,25,27)/t22-/m0/s1. The molecule has 0 aliphatic heterocycles. The Labute approximate surface area is 168 Å². The molecule has 1 atom stereocenters. The van der Waals surface area contributed by atoms with E-state index in [-0.39, 0.29) is 6.42 Å². The highest BCUT2D eigenvalue weighted by Gasteiger charge is 2.25. The van der Waals surface area contributed by atoms with Crippen molar-refractivity contribution in [3.05, 3.63) is 95.8 Å². The van der Waals surface area contributed by atoms with Gasteiger partial charge in [-0.1, -0.05) is 42.5 Å². The van der Waals surface area contributed by atoms with Crippen LogP contribution in [0.3, 0.4) is 0 Å². The number of benzene rings is 3. The molecule has 6 heteroatoms. The van der Waals surface area contributed by atoms with Gasteiger partial charge in [-0.3, -0.25) is 9.59 Å². The molecule has 148 valence electrons. The summed E-state index contributed by atoms with van der Waals surface area (Å²) in [5, 5.41) is 2.65. The largest absolute Gasteiger partial charge is 0.497 e. The normalized spacial score (nSPS) is 11.4. The highest BCUT2D eigenvalue weighted by atomic mass is 19.1. The van der Waals surface area contributed by atoms with Gasteiger partial charge < -0.3 is 14.8 Å². The van der Waals surface area contributed by atoms with Gasteiger partial charge in [0.05, 0.1) is 13.5 Å². The van der Waals surface area contributed by atoms with Gasteiger partial charge in [0.1, 0.15) is 11.6 Å². The van der Waals surface area contributed by atoms with E-state index in [4.69, 9.17) is 9.47 Å². The van der Waals surface area contributed by atoms with Gasteiger partial charge in [0.15, 0.2) is 0 Å². The first-order valence-corrected chi connectivity index (χ1v) is 8.99. The first-order chi connectivity index (χ1) is 14.0. The molecule has 29 heavy (non-hydrogen) atoms. The van der Waals surface area contributed by atoms with Gasteiger partial charge in [-0.2, -0.15) is 0 Å². The van der Waals surface area contributed by atoms with E-state index in [1.165, 1.54) is 24.3 Å². The number of carbonyl (C=O) groups excluding carboxylic acids is 2. The average molecular weight is 393 g/mol. The van der Waals surface area contributed by atoms with E-state index in [0.29, 0.717) is 17.0 Å². The number of nitrogens with one attached hydrogen (secondary N) is 1. The fourth-order valence-corrected chi connectivity index (χ4v) is 2.72. The van der Waals surface area contributed by atoms with Crippen LogP contribution < -0.4 is 10.1 Å². The molecule has 1 N–H and O–H groups in total. The van der Waals surface area contributed by atoms with E-state index in [1.807, 2.05) is 0 Å². The van der Waals surface area contributed by atoms with Crippen LogP contribution in [0.5, 0.6) is 5.75 Å². The van der Waals surface area contributed by atoms with Gasteiger partial charge in [0.25, 0.3) is 5.91 Å². The summed E-state index contributed by atoms with van der Waals surface area (Å²) >= 11 is 0. The Bertz CT molecular complexity index is 956. The molecular formula is C23H20FNO4. The lowest BCUT2D eigenvalue weighted by molar-refractivity contribution is -0.154. The fraction of sp³-hybridized carbons (Fsp3) is 0.130. The number of hydrogen-bond donors (Lipinski definition) is 1. The fourth-order valence-electron chi connectivity index (χ4n) is 2.72. The van der Waals surface area contributed by atoms with Crippen molar-refractivity contribution < 1.29 is 23.5 Å². The van der Waals surface area contributed by atoms with E-state index in [9.17, 15) is 14.0 Å². The van der Waals surface area contributed by atoms with Crippen LogP contribution in [0.2, 0.25) is 0 Å². The maximum atomic E-state index is 13.1. The second kappa shape index (κ2) is 9.50. The Hall–Kier alpha value is -3.67. The number of carbonyl (C=O) groups is 2. The third-order valence-electron chi connectivity index (χ3n) is 4.21. The molecule has 0 fully saturated rings. The summed E-state index contributed by atoms with van der Waals surface area (Å²) in [7, 11) is 1.56. The van der Waals surface area contributed by atoms with E-state index in [0.717, 1.165) is 5.56 Å². The van der Waals surface area contributed by atoms with Crippen LogP contribution in [0.25, 0.3) is 0 Å². The maximum Gasteiger partial charge on any atom is 0.311 e. The molecule has 0 bridgehead atoms. The molecule has 1 amide bonds. The monoisotopic (exact) mass is 393 g/mol. The molecule has 0 heterocycles. The van der Waals surface area contributed by atoms with Crippen LogP contribution in [0.4, 0.5) is 10.1 Å². The van der Waals surface area contributed by atoms with Crippen LogP contribution in [0.1, 0.15) is 17.2 Å². The first-order valence-electron chi connectivity index (χ1n) is 8.99. The number of hydrogen-bond acceptors (Lipinski definition) is 4. The minimum absolute atomic E-state index is 0.0111. The minimum atomic E-state index is -1.13. The SMILES string of the molecule is COc1ccc(CC(=O)O[C@H](C(=O)Nc2ccc(F)cc2)c2ccccc2)cc1. The molecule has 3 aromatic rings. The van der Waals surface area contributed by atoms with Gasteiger partial charge in [0, 0.05) is 11.3 Å². The molecule has 0 aliphatic carbocycles. The summed E-state index contributed by atoms with van der Waals surface area (Å²) in [6, 6.07) is 21.1. The van der Waals surface area contributed by atoms with Crippen molar-refractivity contribution in [1.82, 2.24) is 0 Å². The molecule has 0 saturated carbocycles. The third-order valence-corrected chi connectivity index (χ3v) is 4.21. The van der Waals surface area contributed by atoms with Crippen LogP contribution in [0, 0.1) is 5.82 Å². The predicted octanol–water partition coefficient (Wildman–Crippen LogP) is 4.30. The molecule has 3 aromatic carbocycles. The van der Waals surface area contributed by atoms with Crippen LogP contribution in [-0.4, -0.2) is 19.0 Å². The Balaban J connectivity index is 1.73. The smallest absolute Gasteiger partial charge is 0.311 e. The Morgan fingerprint density at radius 3 is 2.21 bits per heavy atom. The Kier molecular flexibility index (Phi) is 6.58. The number of halogens is 1. The van der Waals surface area contributed by atoms with Crippen molar-refractivity contribution in [2.75, 3.05) is 12.4 Å². The number of amides is 1. The predicted molar refractivity (Wildman–Crippen MR) is 107 cm³/mol. The lowest BCUT2D eigenvalue weighted by Crippen LogP contribution is -2.26. The molecule has 3 rings (SSSR count). The van der Waals surface area contributed by atoms with Crippen molar-refractivity contribution in [2.24, 2.45) is 0 Å². The lowest BCUT2D eigenvalue weighted by Gasteiger charge is -2.18. The average Bonchev–Trinajstić information content (AvgIpc) is 2.75. The van der Waals surface area contributed by atoms with Crippen molar-refractivity contribution >= 4 is 17.6 Å². The van der Waals surface area contributed by atoms with Gasteiger partial charge in [0.2, 0.25) is 6.10 Å². The molecule has 0 spiro atoms. The van der Waals surface area contributed by atoms with Gasteiger partial charge in [-0.05, 0) is 42.0 Å². The molecular weight excluding hydrogens is 373 g/mol. The molecule has 5 nitrogen and oxygen atoms in total. The van der Waals surface area contributed by atoms with Crippen molar-refractivity contribution in [2.45, 2.75) is 12.5 Å². The molecule has 0 unspecified atom stereocenters. The highest BCUT2D eigenvalue weighted by molar-refractivity contribution is 5.96. The molecule has 0 aliphatic rings. The zero-order chi connectivity index (χ0) is 20.6. The molecule has 0 saturated heterocycles. The highest BCUT2D eigenvalue weighted by Crippen LogP contribution is 2.21. The molecule has 0 aromatic heterocycles. The second-order valence-electron chi connectivity index (χ2n) is 6.30. The van der Waals surface area contributed by atoms with Crippen LogP contribution >= 0.6 is 0 Å². The van der Waals surface area contributed by atoms with Crippen LogP contribution in [0.15, 0.2) is 78.9 Å². The van der Waals surface area contributed by atoms with Gasteiger partial charge >= 0.3 is 5.97 Å². The topological polar surface area (TPSA) is 64.6 Å². The number of esters is 1. The van der Waals surface area contributed by atoms with Crippen LogP contribution in [-0.2, 0) is 20.7 Å². The summed E-state index contributed by atoms with van der Waals surface area (Å²) in [5.74, 6) is -0.791. The summed E-state index contributed by atoms with van der Waals surface area (Å²) < 4.78 is 23.7. The van der Waals surface area contributed by atoms with E-state index in [1.54, 1.807) is 61.7 Å². The quantitative estimate of drug-likeness (QED) is 0.608. The van der Waals surface area contributed by atoms with Crippen molar-refractivity contribution in [3.63, 3.8) is 0 Å². The van der Waals surface area contributed by atoms with E-state index < -0.39 is 23.8 Å². The Morgan fingerprint density at radius 2 is 1.59 bits per heavy atom. The Morgan fingerprint density at radius 1 is 0.931 bits per heavy atom. The minimum Gasteiger partial charge on any atom is -0.497 e. The number of rotatable bonds is 7. The summed E-state index contributed by atoms with van der Waals surface area (Å²) in [6.45, 7) is 0. The number of methoxy groups -OCH3 is 1. The maximum absolute atomic E-state index is 13.1. The zero-order valence-corrected chi connectivity index (χ0v) is 15.8. The van der Waals surface area contributed by atoms with Crippen molar-refractivity contribution in [1.29, 1.82) is 0 Å². The lowest BCUT2D eigenvalue weighted by atomic mass is 10.1. The summed E-state index contributed by atoms with van der Waals surface area (Å²) in [4.78, 5) is 25.2. The van der Waals surface area contributed by atoms with Gasteiger partial charge in [-0.15, -0.1) is 0 Å². The third kappa shape index (κ3) is 5.65. The number of ether oxygens (including phenoxy) is 2. The zero-order valence-electron chi connectivity index (χ0n) is 15.8. The second-order valence-corrected chi connectivity index (χ2v) is 6.30. The summed E-state index contributed by atoms with van der Waals surface area (Å²) in [5.41, 5.74) is 1.68. The first kappa shape index (κ1) is 20.1.